The highest BCUT2D eigenvalue weighted by Gasteiger charge is 2.16. The molecular weight excluding hydrogens is 434 g/mol. The number of morpholine rings is 1. The molecular formula is C20H20BrN7O. The Morgan fingerprint density at radius 3 is 2.55 bits per heavy atom. The molecule has 1 saturated heterocycles. The molecule has 0 atom stereocenters. The zero-order valence-corrected chi connectivity index (χ0v) is 17.2. The number of hydrogen-bond donors (Lipinski definition) is 2. The molecule has 0 spiro atoms. The number of ether oxygens (including phenoxy) is 1. The van der Waals surface area contributed by atoms with Crippen molar-refractivity contribution in [2.45, 2.75) is 0 Å². The molecule has 8 nitrogen and oxygen atoms in total. The molecule has 9 heteroatoms. The number of nitrogens with one attached hydrogen (secondary N) is 2. The number of rotatable bonds is 6. The van der Waals surface area contributed by atoms with E-state index in [1.165, 1.54) is 0 Å². The zero-order valence-electron chi connectivity index (χ0n) is 15.6. The number of nitrogens with zero attached hydrogens (tertiary/aromatic N) is 5. The number of hydrogen-bond acceptors (Lipinski definition) is 8. The van der Waals surface area contributed by atoms with Crippen molar-refractivity contribution in [3.63, 3.8) is 0 Å². The van der Waals surface area contributed by atoms with Gasteiger partial charge in [-0.05, 0) is 23.8 Å². The quantitative estimate of drug-likeness (QED) is 0.434. The van der Waals surface area contributed by atoms with Gasteiger partial charge in [0, 0.05) is 23.2 Å². The fourth-order valence-corrected chi connectivity index (χ4v) is 3.17. The standard InChI is InChI=1S/C20H20BrN7O/c21-16-7-4-8-17(13-16)23-18-24-19(27-22-14-15-5-2-1-3-6-15)26-20(25-18)28-9-11-29-12-10-28/h1-8,13-14H,9-12H2,(H2,23,24,25,26,27)/b22-14+. The molecule has 1 aliphatic rings. The average Bonchev–Trinajstić information content (AvgIpc) is 2.75. The summed E-state index contributed by atoms with van der Waals surface area (Å²) in [6, 6.07) is 17.6. The van der Waals surface area contributed by atoms with Gasteiger partial charge >= 0.3 is 0 Å². The molecule has 3 aromatic rings. The van der Waals surface area contributed by atoms with Gasteiger partial charge < -0.3 is 15.0 Å². The predicted octanol–water partition coefficient (Wildman–Crippen LogP) is 3.66. The lowest BCUT2D eigenvalue weighted by atomic mass is 10.2. The first-order chi connectivity index (χ1) is 14.3. The van der Waals surface area contributed by atoms with Crippen LogP contribution >= 0.6 is 15.9 Å². The maximum Gasteiger partial charge on any atom is 0.250 e. The number of benzene rings is 2. The topological polar surface area (TPSA) is 87.6 Å². The minimum Gasteiger partial charge on any atom is -0.378 e. The Labute approximate surface area is 177 Å². The predicted molar refractivity (Wildman–Crippen MR) is 118 cm³/mol. The van der Waals surface area contributed by atoms with E-state index in [0.717, 1.165) is 28.8 Å². The summed E-state index contributed by atoms with van der Waals surface area (Å²) >= 11 is 3.48. The van der Waals surface area contributed by atoms with Gasteiger partial charge in [0.1, 0.15) is 0 Å². The van der Waals surface area contributed by atoms with Crippen molar-refractivity contribution in [3.05, 3.63) is 64.6 Å². The van der Waals surface area contributed by atoms with Crippen LogP contribution in [0.5, 0.6) is 0 Å². The summed E-state index contributed by atoms with van der Waals surface area (Å²) < 4.78 is 6.40. The molecule has 0 unspecified atom stereocenters. The summed E-state index contributed by atoms with van der Waals surface area (Å²) in [5.74, 6) is 1.39. The lowest BCUT2D eigenvalue weighted by Gasteiger charge is -2.27. The fourth-order valence-electron chi connectivity index (χ4n) is 2.77. The number of aromatic nitrogens is 3. The van der Waals surface area contributed by atoms with Gasteiger partial charge in [0.05, 0.1) is 19.4 Å². The lowest BCUT2D eigenvalue weighted by molar-refractivity contribution is 0.122. The van der Waals surface area contributed by atoms with Crippen LogP contribution in [0, 0.1) is 0 Å². The van der Waals surface area contributed by atoms with Crippen LogP contribution in [-0.4, -0.2) is 47.5 Å². The highest BCUT2D eigenvalue weighted by molar-refractivity contribution is 9.10. The molecule has 1 aliphatic heterocycles. The van der Waals surface area contributed by atoms with Gasteiger partial charge in [-0.15, -0.1) is 0 Å². The van der Waals surface area contributed by atoms with Crippen molar-refractivity contribution in [3.8, 4) is 0 Å². The summed E-state index contributed by atoms with van der Waals surface area (Å²) in [6.07, 6.45) is 1.72. The van der Waals surface area contributed by atoms with Gasteiger partial charge in [-0.1, -0.05) is 52.3 Å². The molecule has 148 valence electrons. The SMILES string of the molecule is Brc1cccc(Nc2nc(N/N=C/c3ccccc3)nc(N3CCOCC3)n2)c1. The van der Waals surface area contributed by atoms with Crippen molar-refractivity contribution in [2.75, 3.05) is 41.9 Å². The van der Waals surface area contributed by atoms with Crippen LogP contribution in [0.2, 0.25) is 0 Å². The Balaban J connectivity index is 1.57. The second-order valence-electron chi connectivity index (χ2n) is 6.30. The van der Waals surface area contributed by atoms with Crippen LogP contribution < -0.4 is 15.6 Å². The molecule has 0 saturated carbocycles. The van der Waals surface area contributed by atoms with Crippen molar-refractivity contribution in [1.29, 1.82) is 0 Å². The van der Waals surface area contributed by atoms with Gasteiger partial charge in [0.2, 0.25) is 17.8 Å². The van der Waals surface area contributed by atoms with Crippen molar-refractivity contribution in [1.82, 2.24) is 15.0 Å². The Morgan fingerprint density at radius 1 is 0.966 bits per heavy atom. The largest absolute Gasteiger partial charge is 0.378 e. The molecule has 4 rings (SSSR count). The number of halogens is 1. The van der Waals surface area contributed by atoms with E-state index in [1.807, 2.05) is 54.6 Å². The van der Waals surface area contributed by atoms with E-state index in [0.29, 0.717) is 31.1 Å². The molecule has 29 heavy (non-hydrogen) atoms. The molecule has 2 heterocycles. The van der Waals surface area contributed by atoms with E-state index < -0.39 is 0 Å². The van der Waals surface area contributed by atoms with E-state index in [1.54, 1.807) is 6.21 Å². The number of hydrazone groups is 1. The monoisotopic (exact) mass is 453 g/mol. The van der Waals surface area contributed by atoms with E-state index >= 15 is 0 Å². The molecule has 1 aromatic heterocycles. The molecule has 1 fully saturated rings. The third-order valence-electron chi connectivity index (χ3n) is 4.18. The second-order valence-corrected chi connectivity index (χ2v) is 7.21. The highest BCUT2D eigenvalue weighted by Crippen LogP contribution is 2.21. The molecule has 0 aliphatic carbocycles. The third-order valence-corrected chi connectivity index (χ3v) is 4.67. The smallest absolute Gasteiger partial charge is 0.250 e. The van der Waals surface area contributed by atoms with Gasteiger partial charge in [-0.25, -0.2) is 5.43 Å². The molecule has 2 aromatic carbocycles. The van der Waals surface area contributed by atoms with Crippen molar-refractivity contribution < 1.29 is 4.74 Å². The summed E-state index contributed by atoms with van der Waals surface area (Å²) in [7, 11) is 0. The Bertz CT molecular complexity index is 978. The van der Waals surface area contributed by atoms with E-state index in [4.69, 9.17) is 4.74 Å². The zero-order chi connectivity index (χ0) is 19.9. The third kappa shape index (κ3) is 5.49. The molecule has 0 radical (unpaired) electrons. The van der Waals surface area contributed by atoms with Gasteiger partial charge in [-0.2, -0.15) is 20.1 Å². The van der Waals surface area contributed by atoms with Gasteiger partial charge in [0.25, 0.3) is 0 Å². The first kappa shape index (κ1) is 19.3. The highest BCUT2D eigenvalue weighted by atomic mass is 79.9. The van der Waals surface area contributed by atoms with Crippen molar-refractivity contribution in [2.24, 2.45) is 5.10 Å². The minimum absolute atomic E-state index is 0.367. The number of anilines is 4. The van der Waals surface area contributed by atoms with Crippen LogP contribution in [0.3, 0.4) is 0 Å². The van der Waals surface area contributed by atoms with Crippen LogP contribution in [0.1, 0.15) is 5.56 Å². The van der Waals surface area contributed by atoms with E-state index in [-0.39, 0.29) is 0 Å². The minimum atomic E-state index is 0.367. The Hall–Kier alpha value is -3.04. The van der Waals surface area contributed by atoms with E-state index in [2.05, 4.69) is 51.6 Å². The maximum absolute atomic E-state index is 5.43. The first-order valence-corrected chi connectivity index (χ1v) is 10.0. The summed E-state index contributed by atoms with van der Waals surface area (Å²) in [5, 5.41) is 7.48. The van der Waals surface area contributed by atoms with Crippen LogP contribution in [0.25, 0.3) is 0 Å². The summed E-state index contributed by atoms with van der Waals surface area (Å²) in [5.41, 5.74) is 4.76. The Kier molecular flexibility index (Phi) is 6.28. The molecule has 0 amide bonds. The second kappa shape index (κ2) is 9.44. The van der Waals surface area contributed by atoms with Gasteiger partial charge in [-0.3, -0.25) is 0 Å². The molecule has 2 N–H and O–H groups in total. The fraction of sp³-hybridized carbons (Fsp3) is 0.200. The lowest BCUT2D eigenvalue weighted by Crippen LogP contribution is -2.37. The maximum atomic E-state index is 5.43. The van der Waals surface area contributed by atoms with E-state index in [9.17, 15) is 0 Å². The van der Waals surface area contributed by atoms with Crippen LogP contribution in [-0.2, 0) is 4.74 Å². The van der Waals surface area contributed by atoms with Gasteiger partial charge in [0.15, 0.2) is 0 Å². The first-order valence-electron chi connectivity index (χ1n) is 9.22. The summed E-state index contributed by atoms with van der Waals surface area (Å²) in [4.78, 5) is 15.6. The van der Waals surface area contributed by atoms with Crippen LogP contribution in [0.4, 0.5) is 23.5 Å². The summed E-state index contributed by atoms with van der Waals surface area (Å²) in [6.45, 7) is 2.75. The molecule has 0 bridgehead atoms. The normalized spacial score (nSPS) is 14.2. The average molecular weight is 454 g/mol. The Morgan fingerprint density at radius 2 is 1.76 bits per heavy atom. The van der Waals surface area contributed by atoms with Crippen molar-refractivity contribution >= 4 is 45.7 Å². The van der Waals surface area contributed by atoms with Crippen LogP contribution in [0.15, 0.2) is 64.2 Å².